The highest BCUT2D eigenvalue weighted by molar-refractivity contribution is 7.99. The number of nitrogens with zero attached hydrogens (tertiary/aromatic N) is 4. The molecule has 1 fully saturated rings. The summed E-state index contributed by atoms with van der Waals surface area (Å²) in [6, 6.07) is 21.5. The Morgan fingerprint density at radius 3 is 2.44 bits per heavy atom. The van der Waals surface area contributed by atoms with Crippen molar-refractivity contribution in [3.05, 3.63) is 89.5 Å². The van der Waals surface area contributed by atoms with Gasteiger partial charge in [-0.3, -0.25) is 14.8 Å². The first-order valence-electron chi connectivity index (χ1n) is 14.5. The van der Waals surface area contributed by atoms with Crippen molar-refractivity contribution in [3.8, 4) is 11.4 Å². The lowest BCUT2D eigenvalue weighted by Gasteiger charge is -2.36. The maximum absolute atomic E-state index is 12.5. The number of ether oxygens (including phenoxy) is 2. The van der Waals surface area contributed by atoms with Crippen molar-refractivity contribution in [1.82, 2.24) is 25.7 Å². The molecule has 13 nitrogen and oxygen atoms in total. The molecular weight excluding hydrogens is 600 g/mol. The first-order chi connectivity index (χ1) is 21.9. The molecule has 0 spiro atoms. The van der Waals surface area contributed by atoms with Crippen molar-refractivity contribution in [2.24, 2.45) is 0 Å². The molecule has 1 aliphatic heterocycles. The molecule has 3 atom stereocenters. The molecule has 2 amide bonds. The lowest BCUT2D eigenvalue weighted by atomic mass is 10.0. The van der Waals surface area contributed by atoms with Crippen LogP contribution in [0.4, 0.5) is 5.69 Å². The molecule has 1 aromatic heterocycles. The van der Waals surface area contributed by atoms with Crippen LogP contribution in [0.25, 0.3) is 5.69 Å². The second-order valence-corrected chi connectivity index (χ2v) is 11.5. The number of hydrogen-bond donors (Lipinski definition) is 5. The van der Waals surface area contributed by atoms with E-state index in [0.717, 1.165) is 16.7 Å². The van der Waals surface area contributed by atoms with E-state index in [1.165, 1.54) is 11.8 Å². The van der Waals surface area contributed by atoms with Gasteiger partial charge in [-0.1, -0.05) is 48.2 Å². The smallest absolute Gasteiger partial charge is 0.243 e. The Balaban J connectivity index is 1.28. The number of aromatic hydroxyl groups is 1. The van der Waals surface area contributed by atoms with E-state index in [4.69, 9.17) is 14.7 Å². The fourth-order valence-corrected chi connectivity index (χ4v) is 5.74. The molecule has 236 valence electrons. The Labute approximate surface area is 263 Å². The minimum absolute atomic E-state index is 0.0525. The number of hydrogen-bond acceptors (Lipinski definition) is 11. The van der Waals surface area contributed by atoms with E-state index in [1.807, 2.05) is 42.5 Å². The summed E-state index contributed by atoms with van der Waals surface area (Å²) in [6.45, 7) is -0.0525. The van der Waals surface area contributed by atoms with Gasteiger partial charge in [0, 0.05) is 36.3 Å². The van der Waals surface area contributed by atoms with Crippen molar-refractivity contribution in [2.45, 2.75) is 62.4 Å². The summed E-state index contributed by atoms with van der Waals surface area (Å²) in [5.74, 6) is -0.00158. The highest BCUT2D eigenvalue weighted by atomic mass is 32.2. The summed E-state index contributed by atoms with van der Waals surface area (Å²) < 4.78 is 14.5. The largest absolute Gasteiger partial charge is 0.508 e. The quantitative estimate of drug-likeness (QED) is 0.0615. The highest BCUT2D eigenvalue weighted by Crippen LogP contribution is 2.40. The van der Waals surface area contributed by atoms with E-state index >= 15 is 0 Å². The fourth-order valence-electron chi connectivity index (χ4n) is 4.83. The van der Waals surface area contributed by atoms with Gasteiger partial charge in [0.05, 0.1) is 24.5 Å². The number of aliphatic hydroxyl groups is 1. The first kappa shape index (κ1) is 32.1. The van der Waals surface area contributed by atoms with Gasteiger partial charge < -0.3 is 25.0 Å². The van der Waals surface area contributed by atoms with E-state index in [-0.39, 0.29) is 43.3 Å². The number of phenols is 1. The number of aromatic nitrogens is 4. The van der Waals surface area contributed by atoms with E-state index in [9.17, 15) is 19.8 Å². The average Bonchev–Trinajstić information content (AvgIpc) is 3.54. The maximum atomic E-state index is 12.5. The molecule has 4 aromatic rings. The molecule has 5 rings (SSSR count). The molecule has 3 aromatic carbocycles. The lowest BCUT2D eigenvalue weighted by molar-refractivity contribution is -0.245. The number of rotatable bonds is 13. The Morgan fingerprint density at radius 1 is 0.956 bits per heavy atom. The van der Waals surface area contributed by atoms with E-state index in [0.29, 0.717) is 41.5 Å². The minimum Gasteiger partial charge on any atom is -0.508 e. The van der Waals surface area contributed by atoms with Crippen LogP contribution in [-0.2, 0) is 25.7 Å². The van der Waals surface area contributed by atoms with Crippen LogP contribution in [0.5, 0.6) is 5.75 Å². The van der Waals surface area contributed by atoms with Gasteiger partial charge in [-0.2, -0.15) is 4.68 Å². The standard InChI is InChI=1S/C31H34N6O7S/c38-18-20-8-10-21(11-9-20)27-17-26(19-45-31-33-35-36-37(31)24-12-14-25(39)15-13-24)43-30(44-27)22-4-3-5-23(16-22)32-28(40)6-1-2-7-29(41)34-42/h3-5,8-16,26-27,30,38-39,42H,1-2,6-7,17-19H2,(H,32,40)(H,34,41)/t26-,27+,30+/m1/s1. The maximum Gasteiger partial charge on any atom is 0.243 e. The predicted octanol–water partition coefficient (Wildman–Crippen LogP) is 4.20. The molecule has 0 saturated carbocycles. The number of phenolic OH excluding ortho intramolecular Hbond substituents is 1. The number of carbonyl (C=O) groups excluding carboxylic acids is 2. The summed E-state index contributed by atoms with van der Waals surface area (Å²) in [4.78, 5) is 23.7. The van der Waals surface area contributed by atoms with Crippen LogP contribution in [0.3, 0.4) is 0 Å². The summed E-state index contributed by atoms with van der Waals surface area (Å²) >= 11 is 1.44. The Bertz CT molecular complexity index is 1570. The van der Waals surface area contributed by atoms with Gasteiger partial charge in [0.15, 0.2) is 6.29 Å². The number of tetrazole rings is 1. The monoisotopic (exact) mass is 634 g/mol. The lowest BCUT2D eigenvalue weighted by Crippen LogP contribution is -2.31. The van der Waals surface area contributed by atoms with Crippen LogP contribution in [0.2, 0.25) is 0 Å². The molecule has 1 saturated heterocycles. The summed E-state index contributed by atoms with van der Waals surface area (Å²) in [6.07, 6.45) is 0.631. The molecule has 2 heterocycles. The molecule has 1 aliphatic rings. The van der Waals surface area contributed by atoms with Gasteiger partial charge in [0.25, 0.3) is 0 Å². The summed E-state index contributed by atoms with van der Waals surface area (Å²) in [7, 11) is 0. The van der Waals surface area contributed by atoms with Crippen molar-refractivity contribution < 1.29 is 34.5 Å². The molecule has 0 radical (unpaired) electrons. The second-order valence-electron chi connectivity index (χ2n) is 10.5. The van der Waals surface area contributed by atoms with Gasteiger partial charge in [0.2, 0.25) is 17.0 Å². The molecule has 45 heavy (non-hydrogen) atoms. The van der Waals surface area contributed by atoms with Crippen molar-refractivity contribution in [1.29, 1.82) is 0 Å². The van der Waals surface area contributed by atoms with E-state index in [1.54, 1.807) is 40.5 Å². The zero-order chi connectivity index (χ0) is 31.6. The van der Waals surface area contributed by atoms with Crippen molar-refractivity contribution >= 4 is 29.3 Å². The number of amides is 2. The Hall–Kier alpha value is -4.34. The molecular formula is C31H34N6O7S. The van der Waals surface area contributed by atoms with Gasteiger partial charge >= 0.3 is 0 Å². The third kappa shape index (κ3) is 8.86. The fraction of sp³-hybridized carbons (Fsp3) is 0.323. The third-order valence-corrected chi connectivity index (χ3v) is 8.22. The highest BCUT2D eigenvalue weighted by Gasteiger charge is 2.33. The predicted molar refractivity (Wildman–Crippen MR) is 163 cm³/mol. The van der Waals surface area contributed by atoms with Gasteiger partial charge in [-0.05, 0) is 70.8 Å². The molecule has 5 N–H and O–H groups in total. The Morgan fingerprint density at radius 2 is 1.71 bits per heavy atom. The zero-order valence-electron chi connectivity index (χ0n) is 24.3. The average molecular weight is 635 g/mol. The van der Waals surface area contributed by atoms with Gasteiger partial charge in [-0.25, -0.2) is 5.48 Å². The number of thioether (sulfide) groups is 1. The third-order valence-electron chi connectivity index (χ3n) is 7.17. The normalized spacial score (nSPS) is 18.0. The van der Waals surface area contributed by atoms with Crippen LogP contribution in [0.15, 0.2) is 78.0 Å². The molecule has 0 aliphatic carbocycles. The first-order valence-corrected chi connectivity index (χ1v) is 15.4. The van der Waals surface area contributed by atoms with Gasteiger partial charge in [0.1, 0.15) is 5.75 Å². The van der Waals surface area contributed by atoms with Crippen molar-refractivity contribution in [2.75, 3.05) is 11.1 Å². The van der Waals surface area contributed by atoms with Crippen molar-refractivity contribution in [3.63, 3.8) is 0 Å². The van der Waals surface area contributed by atoms with Crippen LogP contribution >= 0.6 is 11.8 Å². The SMILES string of the molecule is O=C(CCCCC(=O)Nc1cccc([C@H]2O[C@@H](CSc3nnnn3-c3ccc(O)cc3)C[C@@H](c3ccc(CO)cc3)O2)c1)NO. The summed E-state index contributed by atoms with van der Waals surface area (Å²) in [5.41, 5.74) is 5.36. The molecule has 0 unspecified atom stereocenters. The van der Waals surface area contributed by atoms with Gasteiger partial charge in [-0.15, -0.1) is 5.10 Å². The van der Waals surface area contributed by atoms with Crippen LogP contribution in [0, 0.1) is 0 Å². The zero-order valence-corrected chi connectivity index (χ0v) is 25.1. The number of anilines is 1. The number of nitrogens with one attached hydrogen (secondary N) is 2. The molecule has 14 heteroatoms. The minimum atomic E-state index is -0.728. The van der Waals surface area contributed by atoms with E-state index < -0.39 is 12.2 Å². The number of carbonyl (C=O) groups is 2. The number of hydroxylamine groups is 1. The Kier molecular flexibility index (Phi) is 11.1. The number of unbranched alkanes of at least 4 members (excludes halogenated alkanes) is 1. The van der Waals surface area contributed by atoms with Crippen LogP contribution in [0.1, 0.15) is 61.2 Å². The number of benzene rings is 3. The second kappa shape index (κ2) is 15.6. The van der Waals surface area contributed by atoms with E-state index in [2.05, 4.69) is 20.8 Å². The molecule has 0 bridgehead atoms. The topological polar surface area (TPSA) is 181 Å². The van der Waals surface area contributed by atoms with Crippen LogP contribution in [-0.4, -0.2) is 59.3 Å². The summed E-state index contributed by atoms with van der Waals surface area (Å²) in [5, 5.41) is 43.3. The number of aliphatic hydroxyl groups excluding tert-OH is 1. The van der Waals surface area contributed by atoms with Crippen LogP contribution < -0.4 is 10.8 Å².